The van der Waals surface area contributed by atoms with Crippen molar-refractivity contribution in [3.8, 4) is 0 Å². The number of aliphatic hydroxyl groups is 1. The van der Waals surface area contributed by atoms with Gasteiger partial charge < -0.3 is 9.84 Å². The van der Waals surface area contributed by atoms with Crippen LogP contribution in [-0.4, -0.2) is 24.5 Å². The lowest BCUT2D eigenvalue weighted by molar-refractivity contribution is -0.136. The highest BCUT2D eigenvalue weighted by Gasteiger charge is 2.17. The Hall–Kier alpha value is -1.84. The molecular formula is C9H10O4. The summed E-state index contributed by atoms with van der Waals surface area (Å²) in [5.74, 6) is -1.25. The van der Waals surface area contributed by atoms with Crippen molar-refractivity contribution in [3.63, 3.8) is 0 Å². The minimum atomic E-state index is -0.825. The molecule has 0 radical (unpaired) electrons. The lowest BCUT2D eigenvalue weighted by Gasteiger charge is -2.04. The Morgan fingerprint density at radius 3 is 2.38 bits per heavy atom. The summed E-state index contributed by atoms with van der Waals surface area (Å²) in [6, 6.07) is 0. The third-order valence-corrected chi connectivity index (χ3v) is 1.30. The van der Waals surface area contributed by atoms with Gasteiger partial charge in [-0.3, -0.25) is 4.79 Å². The van der Waals surface area contributed by atoms with Gasteiger partial charge in [0.05, 0.1) is 7.11 Å². The van der Waals surface area contributed by atoms with Crippen LogP contribution in [0.25, 0.3) is 0 Å². The van der Waals surface area contributed by atoms with Crippen molar-refractivity contribution >= 4 is 12.3 Å². The predicted molar refractivity (Wildman–Crippen MR) is 47.1 cm³/mol. The highest BCUT2D eigenvalue weighted by Crippen LogP contribution is 2.12. The molecule has 0 unspecified atom stereocenters. The number of allylic oxidation sites excluding steroid dienone is 1. The first kappa shape index (κ1) is 11.2. The second kappa shape index (κ2) is 4.92. The molecule has 0 aliphatic heterocycles. The van der Waals surface area contributed by atoms with Crippen LogP contribution >= 0.6 is 0 Å². The highest BCUT2D eigenvalue weighted by atomic mass is 16.5. The molecular weight excluding hydrogens is 172 g/mol. The molecule has 70 valence electrons. The molecule has 4 nitrogen and oxygen atoms in total. The van der Waals surface area contributed by atoms with Gasteiger partial charge in [0.2, 0.25) is 0 Å². The quantitative estimate of drug-likeness (QED) is 0.231. The number of ether oxygens (including phenoxy) is 1. The number of carbonyl (C=O) groups excluding carboxylic acids is 2. The Kier molecular flexibility index (Phi) is 4.23. The van der Waals surface area contributed by atoms with Gasteiger partial charge in [-0.2, -0.15) is 0 Å². The molecule has 0 heterocycles. The Bertz CT molecular complexity index is 286. The molecule has 0 aromatic heterocycles. The fourth-order valence-electron chi connectivity index (χ4n) is 0.663. The highest BCUT2D eigenvalue weighted by molar-refractivity contribution is 6.02. The van der Waals surface area contributed by atoms with E-state index >= 15 is 0 Å². The number of esters is 1. The molecule has 4 heteroatoms. The van der Waals surface area contributed by atoms with Gasteiger partial charge in [0.1, 0.15) is 17.6 Å². The average Bonchev–Trinajstić information content (AvgIpc) is 2.16. The van der Waals surface area contributed by atoms with Crippen molar-refractivity contribution in [1.29, 1.82) is 0 Å². The Morgan fingerprint density at radius 1 is 1.54 bits per heavy atom. The molecule has 0 atom stereocenters. The second-order valence-electron chi connectivity index (χ2n) is 2.10. The van der Waals surface area contributed by atoms with Crippen LogP contribution in [0.4, 0.5) is 0 Å². The summed E-state index contributed by atoms with van der Waals surface area (Å²) in [4.78, 5) is 21.3. The summed E-state index contributed by atoms with van der Waals surface area (Å²) >= 11 is 0. The third-order valence-electron chi connectivity index (χ3n) is 1.30. The molecule has 0 amide bonds. The predicted octanol–water partition coefficient (Wildman–Crippen LogP) is 0.913. The minimum absolute atomic E-state index is 0.149. The number of hydrogen-bond acceptors (Lipinski definition) is 4. The van der Waals surface area contributed by atoms with Crippen LogP contribution in [0.5, 0.6) is 0 Å². The van der Waals surface area contributed by atoms with E-state index in [1.807, 2.05) is 0 Å². The fraction of sp³-hybridized carbons (Fsp3) is 0.111. The zero-order chi connectivity index (χ0) is 10.4. The first-order valence-corrected chi connectivity index (χ1v) is 3.36. The van der Waals surface area contributed by atoms with Crippen LogP contribution < -0.4 is 0 Å². The first-order chi connectivity index (χ1) is 6.08. The lowest BCUT2D eigenvalue weighted by Crippen LogP contribution is -2.10. The summed E-state index contributed by atoms with van der Waals surface area (Å²) in [5, 5.41) is 9.16. The molecule has 0 saturated heterocycles. The van der Waals surface area contributed by atoms with E-state index in [0.29, 0.717) is 6.29 Å². The SMILES string of the molecule is C=C/C(O)=C(\C(=C)C=O)C(=O)OC. The summed E-state index contributed by atoms with van der Waals surface area (Å²) in [5.41, 5.74) is -0.420. The lowest BCUT2D eigenvalue weighted by atomic mass is 10.1. The van der Waals surface area contributed by atoms with Gasteiger partial charge in [-0.05, 0) is 6.08 Å². The van der Waals surface area contributed by atoms with Gasteiger partial charge >= 0.3 is 5.97 Å². The largest absolute Gasteiger partial charge is 0.507 e. The van der Waals surface area contributed by atoms with E-state index < -0.39 is 11.7 Å². The smallest absolute Gasteiger partial charge is 0.342 e. The number of aliphatic hydroxyl groups excluding tert-OH is 1. The zero-order valence-corrected chi connectivity index (χ0v) is 7.24. The molecule has 0 saturated carbocycles. The molecule has 0 spiro atoms. The van der Waals surface area contributed by atoms with Crippen LogP contribution in [0, 0.1) is 0 Å². The first-order valence-electron chi connectivity index (χ1n) is 3.36. The maximum absolute atomic E-state index is 11.0. The van der Waals surface area contributed by atoms with Crippen molar-refractivity contribution < 1.29 is 19.4 Å². The minimum Gasteiger partial charge on any atom is -0.507 e. The Balaban J connectivity index is 5.20. The third kappa shape index (κ3) is 2.59. The van der Waals surface area contributed by atoms with Crippen molar-refractivity contribution in [2.24, 2.45) is 0 Å². The van der Waals surface area contributed by atoms with Gasteiger partial charge in [-0.1, -0.05) is 13.2 Å². The van der Waals surface area contributed by atoms with E-state index in [1.54, 1.807) is 0 Å². The number of rotatable bonds is 4. The van der Waals surface area contributed by atoms with Crippen molar-refractivity contribution in [1.82, 2.24) is 0 Å². The Labute approximate surface area is 75.8 Å². The van der Waals surface area contributed by atoms with E-state index in [9.17, 15) is 9.59 Å². The van der Waals surface area contributed by atoms with Crippen LogP contribution in [0.15, 0.2) is 36.1 Å². The second-order valence-corrected chi connectivity index (χ2v) is 2.10. The molecule has 0 rings (SSSR count). The molecule has 0 bridgehead atoms. The fourth-order valence-corrected chi connectivity index (χ4v) is 0.663. The van der Waals surface area contributed by atoms with Crippen LogP contribution in [-0.2, 0) is 14.3 Å². The van der Waals surface area contributed by atoms with Gasteiger partial charge in [-0.25, -0.2) is 4.79 Å². The van der Waals surface area contributed by atoms with E-state index in [4.69, 9.17) is 5.11 Å². The summed E-state index contributed by atoms with van der Waals surface area (Å²) in [7, 11) is 1.14. The maximum Gasteiger partial charge on any atom is 0.342 e. The van der Waals surface area contributed by atoms with E-state index in [-0.39, 0.29) is 11.1 Å². The summed E-state index contributed by atoms with van der Waals surface area (Å²) in [6.07, 6.45) is 1.38. The molecule has 1 N–H and O–H groups in total. The van der Waals surface area contributed by atoms with Gasteiger partial charge in [0.15, 0.2) is 0 Å². The normalized spacial score (nSPS) is 11.2. The number of carbonyl (C=O) groups is 2. The number of hydrogen-bond donors (Lipinski definition) is 1. The number of aldehydes is 1. The molecule has 0 aromatic carbocycles. The van der Waals surface area contributed by atoms with Gasteiger partial charge in [-0.15, -0.1) is 0 Å². The summed E-state index contributed by atoms with van der Waals surface area (Å²) < 4.78 is 4.33. The van der Waals surface area contributed by atoms with Crippen molar-refractivity contribution in [2.45, 2.75) is 0 Å². The topological polar surface area (TPSA) is 63.6 Å². The van der Waals surface area contributed by atoms with E-state index in [2.05, 4.69) is 17.9 Å². The average molecular weight is 182 g/mol. The van der Waals surface area contributed by atoms with E-state index in [1.165, 1.54) is 0 Å². The maximum atomic E-state index is 11.0. The number of methoxy groups -OCH3 is 1. The molecule has 0 aliphatic carbocycles. The van der Waals surface area contributed by atoms with Crippen molar-refractivity contribution in [3.05, 3.63) is 36.1 Å². The van der Waals surface area contributed by atoms with Crippen molar-refractivity contribution in [2.75, 3.05) is 7.11 Å². The molecule has 0 aliphatic rings. The van der Waals surface area contributed by atoms with Gasteiger partial charge in [0, 0.05) is 5.57 Å². The molecule has 0 aromatic rings. The summed E-state index contributed by atoms with van der Waals surface area (Å²) in [6.45, 7) is 6.52. The molecule has 13 heavy (non-hydrogen) atoms. The van der Waals surface area contributed by atoms with Crippen LogP contribution in [0.1, 0.15) is 0 Å². The monoisotopic (exact) mass is 182 g/mol. The van der Waals surface area contributed by atoms with E-state index in [0.717, 1.165) is 13.2 Å². The molecule has 0 fully saturated rings. The van der Waals surface area contributed by atoms with Gasteiger partial charge in [0.25, 0.3) is 0 Å². The van der Waals surface area contributed by atoms with Crippen LogP contribution in [0.3, 0.4) is 0 Å². The van der Waals surface area contributed by atoms with Crippen LogP contribution in [0.2, 0.25) is 0 Å². The Morgan fingerprint density at radius 2 is 2.08 bits per heavy atom. The zero-order valence-electron chi connectivity index (χ0n) is 7.24. The standard InChI is InChI=1S/C9H10O4/c1-4-7(11)8(6(2)5-10)9(12)13-3/h4-5,11H,1-2H2,3H3/b8-7-.